The van der Waals surface area contributed by atoms with E-state index in [0.717, 1.165) is 25.8 Å². The first-order valence-electron chi connectivity index (χ1n) is 7.80. The van der Waals surface area contributed by atoms with E-state index in [1.54, 1.807) is 4.90 Å². The quantitative estimate of drug-likeness (QED) is 0.780. The van der Waals surface area contributed by atoms with Gasteiger partial charge in [-0.1, -0.05) is 6.92 Å². The van der Waals surface area contributed by atoms with Gasteiger partial charge < -0.3 is 20.3 Å². The molecule has 6 nitrogen and oxygen atoms in total. The Balaban J connectivity index is 2.33. The molecule has 1 heterocycles. The lowest BCUT2D eigenvalue weighted by Crippen LogP contribution is -2.45. The molecule has 6 heteroatoms. The molecular weight excluding hydrogens is 270 g/mol. The minimum Gasteiger partial charge on any atom is -0.444 e. The number of hydrogen-bond acceptors (Lipinski definition) is 4. The normalized spacial score (nSPS) is 18.7. The van der Waals surface area contributed by atoms with Crippen LogP contribution in [-0.2, 0) is 9.53 Å². The summed E-state index contributed by atoms with van der Waals surface area (Å²) >= 11 is 0. The second kappa shape index (κ2) is 8.22. The maximum atomic E-state index is 12.1. The summed E-state index contributed by atoms with van der Waals surface area (Å²) in [5.74, 6) is -0.00124. The van der Waals surface area contributed by atoms with Crippen LogP contribution in [0.5, 0.6) is 0 Å². The number of carbonyl (C=O) groups is 2. The van der Waals surface area contributed by atoms with Gasteiger partial charge >= 0.3 is 6.09 Å². The molecule has 1 fully saturated rings. The van der Waals surface area contributed by atoms with Crippen molar-refractivity contribution in [2.75, 3.05) is 26.2 Å². The van der Waals surface area contributed by atoms with Crippen molar-refractivity contribution in [2.45, 2.75) is 58.6 Å². The summed E-state index contributed by atoms with van der Waals surface area (Å²) in [7, 11) is 0. The molecule has 0 spiro atoms. The Kier molecular flexibility index (Phi) is 6.95. The Morgan fingerprint density at radius 3 is 2.67 bits per heavy atom. The van der Waals surface area contributed by atoms with E-state index in [4.69, 9.17) is 4.74 Å². The van der Waals surface area contributed by atoms with Crippen molar-refractivity contribution in [3.05, 3.63) is 0 Å². The average molecular weight is 299 g/mol. The van der Waals surface area contributed by atoms with Gasteiger partial charge in [-0.25, -0.2) is 4.79 Å². The van der Waals surface area contributed by atoms with Crippen molar-refractivity contribution in [3.63, 3.8) is 0 Å². The van der Waals surface area contributed by atoms with E-state index in [0.29, 0.717) is 19.6 Å². The van der Waals surface area contributed by atoms with E-state index >= 15 is 0 Å². The molecular formula is C15H29N3O3. The van der Waals surface area contributed by atoms with Crippen LogP contribution in [0.25, 0.3) is 0 Å². The molecule has 2 N–H and O–H groups in total. The van der Waals surface area contributed by atoms with E-state index < -0.39 is 5.60 Å². The van der Waals surface area contributed by atoms with E-state index in [1.807, 2.05) is 27.7 Å². The van der Waals surface area contributed by atoms with Crippen LogP contribution in [0, 0.1) is 0 Å². The summed E-state index contributed by atoms with van der Waals surface area (Å²) in [6.07, 6.45) is 2.60. The zero-order chi connectivity index (χ0) is 15.9. The number of carbonyl (C=O) groups excluding carboxylic acids is 2. The maximum absolute atomic E-state index is 12.1. The smallest absolute Gasteiger partial charge is 0.410 e. The lowest BCUT2D eigenvalue weighted by atomic mass is 10.2. The molecule has 0 radical (unpaired) electrons. The Labute approximate surface area is 127 Å². The fourth-order valence-corrected chi connectivity index (χ4v) is 2.29. The highest BCUT2D eigenvalue weighted by molar-refractivity contribution is 5.77. The Bertz CT molecular complexity index is 353. The minimum absolute atomic E-state index is 0.00124. The van der Waals surface area contributed by atoms with Crippen molar-refractivity contribution < 1.29 is 14.3 Å². The Morgan fingerprint density at radius 1 is 1.33 bits per heavy atom. The number of amides is 2. The van der Waals surface area contributed by atoms with Gasteiger partial charge in [-0.15, -0.1) is 0 Å². The predicted octanol–water partition coefficient (Wildman–Crippen LogP) is 1.50. The molecule has 122 valence electrons. The van der Waals surface area contributed by atoms with Gasteiger partial charge in [0.25, 0.3) is 0 Å². The van der Waals surface area contributed by atoms with Crippen LogP contribution in [0.2, 0.25) is 0 Å². The standard InChI is InChI=1S/C15H29N3O3/c1-5-8-17-13(19)11-16-10-12-7-6-9-18(12)14(20)21-15(2,3)4/h12,16H,5-11H2,1-4H3,(H,17,19). The first-order chi connectivity index (χ1) is 9.83. The van der Waals surface area contributed by atoms with Crippen LogP contribution in [0.3, 0.4) is 0 Å². The third-order valence-electron chi connectivity index (χ3n) is 3.24. The van der Waals surface area contributed by atoms with Crippen LogP contribution in [0.4, 0.5) is 4.79 Å². The van der Waals surface area contributed by atoms with Gasteiger partial charge in [0.2, 0.25) is 5.91 Å². The fraction of sp³-hybridized carbons (Fsp3) is 0.867. The summed E-state index contributed by atoms with van der Waals surface area (Å²) in [6, 6.07) is 0.110. The maximum Gasteiger partial charge on any atom is 0.410 e. The van der Waals surface area contributed by atoms with Crippen molar-refractivity contribution in [1.82, 2.24) is 15.5 Å². The molecule has 0 aromatic carbocycles. The van der Waals surface area contributed by atoms with Gasteiger partial charge in [-0.3, -0.25) is 4.79 Å². The van der Waals surface area contributed by atoms with E-state index in [1.165, 1.54) is 0 Å². The van der Waals surface area contributed by atoms with Gasteiger partial charge in [0, 0.05) is 25.7 Å². The van der Waals surface area contributed by atoms with Crippen LogP contribution in [-0.4, -0.2) is 54.7 Å². The van der Waals surface area contributed by atoms with Crippen LogP contribution >= 0.6 is 0 Å². The molecule has 1 atom stereocenters. The van der Waals surface area contributed by atoms with Gasteiger partial charge in [-0.2, -0.15) is 0 Å². The number of hydrogen-bond donors (Lipinski definition) is 2. The summed E-state index contributed by atoms with van der Waals surface area (Å²) in [6.45, 7) is 9.96. The molecule has 0 aromatic heterocycles. The molecule has 0 bridgehead atoms. The molecule has 1 rings (SSSR count). The lowest BCUT2D eigenvalue weighted by molar-refractivity contribution is -0.120. The third-order valence-corrected chi connectivity index (χ3v) is 3.24. The second-order valence-electron chi connectivity index (χ2n) is 6.45. The third kappa shape index (κ3) is 6.80. The lowest BCUT2D eigenvalue weighted by Gasteiger charge is -2.28. The van der Waals surface area contributed by atoms with Crippen molar-refractivity contribution >= 4 is 12.0 Å². The van der Waals surface area contributed by atoms with Gasteiger partial charge in [0.15, 0.2) is 0 Å². The highest BCUT2D eigenvalue weighted by Gasteiger charge is 2.31. The van der Waals surface area contributed by atoms with Gasteiger partial charge in [0.1, 0.15) is 5.60 Å². The molecule has 2 amide bonds. The average Bonchev–Trinajstić information content (AvgIpc) is 2.82. The first-order valence-corrected chi connectivity index (χ1v) is 7.80. The Morgan fingerprint density at radius 2 is 2.05 bits per heavy atom. The second-order valence-corrected chi connectivity index (χ2v) is 6.45. The molecule has 21 heavy (non-hydrogen) atoms. The number of nitrogens with one attached hydrogen (secondary N) is 2. The zero-order valence-corrected chi connectivity index (χ0v) is 13.7. The largest absolute Gasteiger partial charge is 0.444 e. The summed E-state index contributed by atoms with van der Waals surface area (Å²) in [4.78, 5) is 25.4. The number of nitrogens with zero attached hydrogens (tertiary/aromatic N) is 1. The van der Waals surface area contributed by atoms with E-state index in [-0.39, 0.29) is 18.0 Å². The topological polar surface area (TPSA) is 70.7 Å². The van der Waals surface area contributed by atoms with Crippen LogP contribution < -0.4 is 10.6 Å². The molecule has 1 aliphatic heterocycles. The highest BCUT2D eigenvalue weighted by Crippen LogP contribution is 2.20. The highest BCUT2D eigenvalue weighted by atomic mass is 16.6. The number of ether oxygens (including phenoxy) is 1. The van der Waals surface area contributed by atoms with Crippen LogP contribution in [0.1, 0.15) is 47.0 Å². The molecule has 0 aromatic rings. The monoisotopic (exact) mass is 299 g/mol. The zero-order valence-electron chi connectivity index (χ0n) is 13.7. The molecule has 1 unspecified atom stereocenters. The SMILES string of the molecule is CCCNC(=O)CNCC1CCCN1C(=O)OC(C)(C)C. The van der Waals surface area contributed by atoms with Crippen molar-refractivity contribution in [3.8, 4) is 0 Å². The fourth-order valence-electron chi connectivity index (χ4n) is 2.29. The summed E-state index contributed by atoms with van der Waals surface area (Å²) < 4.78 is 5.41. The summed E-state index contributed by atoms with van der Waals surface area (Å²) in [5, 5.41) is 5.94. The first kappa shape index (κ1) is 17.8. The molecule has 0 aliphatic carbocycles. The van der Waals surface area contributed by atoms with Crippen LogP contribution in [0.15, 0.2) is 0 Å². The van der Waals surface area contributed by atoms with Gasteiger partial charge in [-0.05, 0) is 40.0 Å². The molecule has 0 saturated carbocycles. The van der Waals surface area contributed by atoms with E-state index in [2.05, 4.69) is 10.6 Å². The minimum atomic E-state index is -0.475. The Hall–Kier alpha value is -1.30. The summed E-state index contributed by atoms with van der Waals surface area (Å²) in [5.41, 5.74) is -0.475. The van der Waals surface area contributed by atoms with E-state index in [9.17, 15) is 9.59 Å². The number of rotatable bonds is 6. The van der Waals surface area contributed by atoms with Gasteiger partial charge in [0.05, 0.1) is 6.54 Å². The molecule has 1 saturated heterocycles. The van der Waals surface area contributed by atoms with Crippen molar-refractivity contribution in [2.24, 2.45) is 0 Å². The van der Waals surface area contributed by atoms with Crippen molar-refractivity contribution in [1.29, 1.82) is 0 Å². The number of likely N-dealkylation sites (tertiary alicyclic amines) is 1. The predicted molar refractivity (Wildman–Crippen MR) is 82.1 cm³/mol. The molecule has 1 aliphatic rings.